The molecule has 0 atom stereocenters. The van der Waals surface area contributed by atoms with E-state index in [1.165, 1.54) is 0 Å². The minimum Gasteiger partial charge on any atom is -0.398 e. The molecule has 0 aliphatic carbocycles. The Balaban J connectivity index is 1.88. The highest BCUT2D eigenvalue weighted by Crippen LogP contribution is 2.29. The van der Waals surface area contributed by atoms with Crippen LogP contribution in [0.5, 0.6) is 0 Å². The number of hydrogen-bond donors (Lipinski definition) is 2. The lowest BCUT2D eigenvalue weighted by Gasteiger charge is -2.10. The maximum atomic E-state index is 6.17. The fraction of sp³-hybridized carbons (Fsp3) is 0. The van der Waals surface area contributed by atoms with Gasteiger partial charge in [-0.05, 0) is 29.8 Å². The van der Waals surface area contributed by atoms with Gasteiger partial charge in [-0.1, -0.05) is 54.6 Å². The van der Waals surface area contributed by atoms with Gasteiger partial charge >= 0.3 is 0 Å². The van der Waals surface area contributed by atoms with Crippen molar-refractivity contribution in [2.45, 2.75) is 0 Å². The lowest BCUT2D eigenvalue weighted by atomic mass is 10.0. The van der Waals surface area contributed by atoms with Crippen LogP contribution in [0.4, 0.5) is 17.1 Å². The summed E-state index contributed by atoms with van der Waals surface area (Å²) >= 11 is 0. The summed E-state index contributed by atoms with van der Waals surface area (Å²) < 4.78 is 0. The van der Waals surface area contributed by atoms with Gasteiger partial charge in [-0.25, -0.2) is 0 Å². The van der Waals surface area contributed by atoms with Crippen LogP contribution in [0.15, 0.2) is 78.9 Å². The SMILES string of the molecule is Nc1cc(Nc2ccccc2)ccc1-c1ccccc1. The van der Waals surface area contributed by atoms with Crippen LogP contribution < -0.4 is 11.1 Å². The maximum Gasteiger partial charge on any atom is 0.0414 e. The molecule has 0 radical (unpaired) electrons. The molecule has 0 heterocycles. The van der Waals surface area contributed by atoms with Gasteiger partial charge < -0.3 is 11.1 Å². The van der Waals surface area contributed by atoms with Gasteiger partial charge in [0.15, 0.2) is 0 Å². The predicted octanol–water partition coefficient (Wildman–Crippen LogP) is 4.68. The van der Waals surface area contributed by atoms with E-state index >= 15 is 0 Å². The number of nitrogens with two attached hydrogens (primary N) is 1. The van der Waals surface area contributed by atoms with Gasteiger partial charge in [-0.3, -0.25) is 0 Å². The normalized spacial score (nSPS) is 10.2. The molecule has 2 nitrogen and oxygen atoms in total. The van der Waals surface area contributed by atoms with Crippen LogP contribution in [0.3, 0.4) is 0 Å². The Morgan fingerprint density at radius 2 is 1.30 bits per heavy atom. The number of benzene rings is 3. The number of para-hydroxylation sites is 1. The first-order chi connectivity index (χ1) is 9.83. The maximum absolute atomic E-state index is 6.17. The summed E-state index contributed by atoms with van der Waals surface area (Å²) in [5.41, 5.74) is 11.2. The first-order valence-electron chi connectivity index (χ1n) is 6.60. The predicted molar refractivity (Wildman–Crippen MR) is 86.0 cm³/mol. The molecule has 20 heavy (non-hydrogen) atoms. The molecule has 0 saturated heterocycles. The fourth-order valence-electron chi connectivity index (χ4n) is 2.21. The second-order valence-corrected chi connectivity index (χ2v) is 4.66. The lowest BCUT2D eigenvalue weighted by Crippen LogP contribution is -1.94. The highest BCUT2D eigenvalue weighted by atomic mass is 14.9. The molecule has 0 aliphatic heterocycles. The Morgan fingerprint density at radius 3 is 1.95 bits per heavy atom. The van der Waals surface area contributed by atoms with Crippen LogP contribution in [0.1, 0.15) is 0 Å². The van der Waals surface area contributed by atoms with Crippen molar-refractivity contribution in [3.05, 3.63) is 78.9 Å². The quantitative estimate of drug-likeness (QED) is 0.671. The average molecular weight is 260 g/mol. The second kappa shape index (κ2) is 5.49. The molecule has 3 rings (SSSR count). The van der Waals surface area contributed by atoms with E-state index in [2.05, 4.69) is 23.5 Å². The zero-order chi connectivity index (χ0) is 13.8. The Labute approximate surface area is 118 Å². The van der Waals surface area contributed by atoms with Gasteiger partial charge in [0.2, 0.25) is 0 Å². The largest absolute Gasteiger partial charge is 0.398 e. The van der Waals surface area contributed by atoms with Crippen molar-refractivity contribution < 1.29 is 0 Å². The minimum absolute atomic E-state index is 0.775. The van der Waals surface area contributed by atoms with E-state index in [4.69, 9.17) is 5.73 Å². The Bertz CT molecular complexity index is 691. The van der Waals surface area contributed by atoms with E-state index in [9.17, 15) is 0 Å². The van der Waals surface area contributed by atoms with Crippen molar-refractivity contribution in [3.63, 3.8) is 0 Å². The topological polar surface area (TPSA) is 38.0 Å². The smallest absolute Gasteiger partial charge is 0.0414 e. The third-order valence-electron chi connectivity index (χ3n) is 3.20. The summed E-state index contributed by atoms with van der Waals surface area (Å²) in [6, 6.07) is 26.3. The van der Waals surface area contributed by atoms with Crippen molar-refractivity contribution in [2.75, 3.05) is 11.1 Å². The van der Waals surface area contributed by atoms with Gasteiger partial charge in [0.1, 0.15) is 0 Å². The van der Waals surface area contributed by atoms with Crippen LogP contribution in [0, 0.1) is 0 Å². The third kappa shape index (κ3) is 2.64. The number of nitrogen functional groups attached to an aromatic ring is 1. The van der Waals surface area contributed by atoms with Gasteiger partial charge in [0, 0.05) is 22.6 Å². The molecule has 0 saturated carbocycles. The van der Waals surface area contributed by atoms with Gasteiger partial charge in [-0.2, -0.15) is 0 Å². The molecular formula is C18H16N2. The van der Waals surface area contributed by atoms with Crippen molar-refractivity contribution in [2.24, 2.45) is 0 Å². The average Bonchev–Trinajstić information content (AvgIpc) is 2.49. The number of rotatable bonds is 3. The van der Waals surface area contributed by atoms with E-state index in [-0.39, 0.29) is 0 Å². The van der Waals surface area contributed by atoms with Crippen molar-refractivity contribution in [1.82, 2.24) is 0 Å². The van der Waals surface area contributed by atoms with Crippen LogP contribution in [0.2, 0.25) is 0 Å². The third-order valence-corrected chi connectivity index (χ3v) is 3.20. The van der Waals surface area contributed by atoms with Crippen LogP contribution in [-0.4, -0.2) is 0 Å². The van der Waals surface area contributed by atoms with Crippen LogP contribution in [0.25, 0.3) is 11.1 Å². The molecule has 3 aromatic rings. The molecule has 0 bridgehead atoms. The number of nitrogens with one attached hydrogen (secondary N) is 1. The Kier molecular flexibility index (Phi) is 3.38. The molecule has 3 N–H and O–H groups in total. The van der Waals surface area contributed by atoms with Crippen molar-refractivity contribution >= 4 is 17.1 Å². The molecule has 3 aromatic carbocycles. The Morgan fingerprint density at radius 1 is 0.650 bits per heavy atom. The highest BCUT2D eigenvalue weighted by molar-refractivity contribution is 5.80. The molecule has 2 heteroatoms. The standard InChI is InChI=1S/C18H16N2/c19-18-13-16(20-15-9-5-2-6-10-15)11-12-17(18)14-7-3-1-4-8-14/h1-13,20H,19H2. The fourth-order valence-corrected chi connectivity index (χ4v) is 2.21. The number of hydrogen-bond acceptors (Lipinski definition) is 2. The van der Waals surface area contributed by atoms with Gasteiger partial charge in [-0.15, -0.1) is 0 Å². The van der Waals surface area contributed by atoms with Crippen molar-refractivity contribution in [3.8, 4) is 11.1 Å². The zero-order valence-corrected chi connectivity index (χ0v) is 11.1. The van der Waals surface area contributed by atoms with E-state index in [0.717, 1.165) is 28.2 Å². The van der Waals surface area contributed by atoms with E-state index < -0.39 is 0 Å². The molecular weight excluding hydrogens is 244 g/mol. The minimum atomic E-state index is 0.775. The van der Waals surface area contributed by atoms with E-state index in [1.807, 2.05) is 60.7 Å². The summed E-state index contributed by atoms with van der Waals surface area (Å²) in [5, 5.41) is 3.34. The lowest BCUT2D eigenvalue weighted by molar-refractivity contribution is 1.54. The summed E-state index contributed by atoms with van der Waals surface area (Å²) in [5.74, 6) is 0. The van der Waals surface area contributed by atoms with E-state index in [0.29, 0.717) is 0 Å². The first kappa shape index (κ1) is 12.3. The summed E-state index contributed by atoms with van der Waals surface area (Å²) in [7, 11) is 0. The molecule has 0 aliphatic rings. The highest BCUT2D eigenvalue weighted by Gasteiger charge is 2.03. The van der Waals surface area contributed by atoms with Gasteiger partial charge in [0.05, 0.1) is 0 Å². The summed E-state index contributed by atoms with van der Waals surface area (Å²) in [6.07, 6.45) is 0. The summed E-state index contributed by atoms with van der Waals surface area (Å²) in [6.45, 7) is 0. The molecule has 0 amide bonds. The summed E-state index contributed by atoms with van der Waals surface area (Å²) in [4.78, 5) is 0. The molecule has 0 spiro atoms. The van der Waals surface area contributed by atoms with Gasteiger partial charge in [0.25, 0.3) is 0 Å². The molecule has 98 valence electrons. The molecule has 0 unspecified atom stereocenters. The zero-order valence-electron chi connectivity index (χ0n) is 11.1. The molecule has 0 fully saturated rings. The van der Waals surface area contributed by atoms with Crippen molar-refractivity contribution in [1.29, 1.82) is 0 Å². The van der Waals surface area contributed by atoms with Crippen LogP contribution >= 0.6 is 0 Å². The first-order valence-corrected chi connectivity index (χ1v) is 6.60. The second-order valence-electron chi connectivity index (χ2n) is 4.66. The van der Waals surface area contributed by atoms with E-state index in [1.54, 1.807) is 0 Å². The monoisotopic (exact) mass is 260 g/mol. The Hall–Kier alpha value is -2.74. The molecule has 0 aromatic heterocycles. The van der Waals surface area contributed by atoms with Crippen LogP contribution in [-0.2, 0) is 0 Å². The number of anilines is 3.